The molecule has 0 fully saturated rings. The maximum Gasteiger partial charge on any atom is 0.0831 e. The van der Waals surface area contributed by atoms with E-state index in [0.717, 1.165) is 32.1 Å². The summed E-state index contributed by atoms with van der Waals surface area (Å²) in [6.07, 6.45) is 9.14. The summed E-state index contributed by atoms with van der Waals surface area (Å²) in [6, 6.07) is 4.21. The normalized spacial score (nSPS) is 26.6. The Kier molecular flexibility index (Phi) is 3.04. The van der Waals surface area contributed by atoms with E-state index in [1.165, 1.54) is 4.88 Å². The minimum Gasteiger partial charge on any atom is -0.386 e. The van der Waals surface area contributed by atoms with E-state index >= 15 is 0 Å². The first kappa shape index (κ1) is 9.94. The molecule has 1 heterocycles. The highest BCUT2D eigenvalue weighted by Gasteiger charge is 2.24. The zero-order chi connectivity index (χ0) is 9.86. The molecule has 14 heavy (non-hydrogen) atoms. The molecule has 0 aliphatic heterocycles. The quantitative estimate of drug-likeness (QED) is 0.757. The van der Waals surface area contributed by atoms with Crippen LogP contribution in [0.15, 0.2) is 29.7 Å². The Morgan fingerprint density at radius 1 is 1.50 bits per heavy atom. The molecular weight excluding hydrogens is 192 g/mol. The Morgan fingerprint density at radius 3 is 3.07 bits per heavy atom. The van der Waals surface area contributed by atoms with Crippen molar-refractivity contribution in [1.29, 1.82) is 0 Å². The number of aryl methyl sites for hydroxylation is 1. The van der Waals surface area contributed by atoms with Gasteiger partial charge in [-0.1, -0.05) is 18.2 Å². The minimum atomic E-state index is -0.526. The van der Waals surface area contributed by atoms with Gasteiger partial charge in [-0.05, 0) is 43.6 Å². The topological polar surface area (TPSA) is 20.2 Å². The van der Waals surface area contributed by atoms with Gasteiger partial charge in [0.25, 0.3) is 0 Å². The lowest BCUT2D eigenvalue weighted by Crippen LogP contribution is -2.28. The van der Waals surface area contributed by atoms with E-state index in [4.69, 9.17) is 0 Å². The van der Waals surface area contributed by atoms with E-state index in [-0.39, 0.29) is 0 Å². The third-order valence-electron chi connectivity index (χ3n) is 2.79. The van der Waals surface area contributed by atoms with Gasteiger partial charge >= 0.3 is 0 Å². The minimum absolute atomic E-state index is 0.526. The van der Waals surface area contributed by atoms with Gasteiger partial charge in [0.15, 0.2) is 0 Å². The maximum atomic E-state index is 10.2. The molecule has 2 rings (SSSR count). The number of hydrogen-bond acceptors (Lipinski definition) is 2. The van der Waals surface area contributed by atoms with Gasteiger partial charge in [0.1, 0.15) is 0 Å². The summed E-state index contributed by atoms with van der Waals surface area (Å²) in [6.45, 7) is 0. The van der Waals surface area contributed by atoms with Crippen molar-refractivity contribution in [3.05, 3.63) is 34.5 Å². The highest BCUT2D eigenvalue weighted by molar-refractivity contribution is 7.09. The van der Waals surface area contributed by atoms with Crippen molar-refractivity contribution >= 4 is 11.3 Å². The molecule has 0 aromatic carbocycles. The Bertz CT molecular complexity index is 302. The van der Waals surface area contributed by atoms with E-state index in [0.29, 0.717) is 0 Å². The molecule has 1 aliphatic carbocycles. The second-order valence-electron chi connectivity index (χ2n) is 3.98. The van der Waals surface area contributed by atoms with E-state index < -0.39 is 5.60 Å². The fraction of sp³-hybridized carbons (Fsp3) is 0.500. The summed E-state index contributed by atoms with van der Waals surface area (Å²) >= 11 is 1.77. The van der Waals surface area contributed by atoms with Crippen LogP contribution in [0.4, 0.5) is 0 Å². The van der Waals surface area contributed by atoms with Crippen LogP contribution in [0.3, 0.4) is 0 Å². The number of allylic oxidation sites excluding steroid dienone is 1. The fourth-order valence-corrected chi connectivity index (χ4v) is 2.62. The lowest BCUT2D eigenvalue weighted by molar-refractivity contribution is 0.0662. The molecule has 0 saturated carbocycles. The van der Waals surface area contributed by atoms with E-state index in [2.05, 4.69) is 23.6 Å². The molecule has 0 bridgehead atoms. The Hall–Kier alpha value is -0.600. The van der Waals surface area contributed by atoms with Gasteiger partial charge < -0.3 is 5.11 Å². The third kappa shape index (κ3) is 2.46. The molecule has 1 unspecified atom stereocenters. The average Bonchev–Trinajstić information content (AvgIpc) is 2.69. The maximum absolute atomic E-state index is 10.2. The average molecular weight is 208 g/mol. The lowest BCUT2D eigenvalue weighted by Gasteiger charge is -2.27. The van der Waals surface area contributed by atoms with Crippen molar-refractivity contribution in [1.82, 2.24) is 0 Å². The second-order valence-corrected chi connectivity index (χ2v) is 5.01. The summed E-state index contributed by atoms with van der Waals surface area (Å²) in [5, 5.41) is 12.3. The van der Waals surface area contributed by atoms with Crippen LogP contribution in [0.1, 0.15) is 30.6 Å². The Labute approximate surface area is 89.1 Å². The smallest absolute Gasteiger partial charge is 0.0831 e. The molecule has 1 aliphatic rings. The van der Waals surface area contributed by atoms with Gasteiger partial charge in [-0.25, -0.2) is 0 Å². The van der Waals surface area contributed by atoms with Crippen molar-refractivity contribution in [3.8, 4) is 0 Å². The zero-order valence-corrected chi connectivity index (χ0v) is 9.09. The van der Waals surface area contributed by atoms with Crippen LogP contribution in [0.5, 0.6) is 0 Å². The third-order valence-corrected chi connectivity index (χ3v) is 3.73. The van der Waals surface area contributed by atoms with Crippen LogP contribution in [0, 0.1) is 0 Å². The second kappa shape index (κ2) is 4.28. The number of thiophene rings is 1. The van der Waals surface area contributed by atoms with Crippen LogP contribution in [0.25, 0.3) is 0 Å². The largest absolute Gasteiger partial charge is 0.386 e. The zero-order valence-electron chi connectivity index (χ0n) is 8.28. The summed E-state index contributed by atoms with van der Waals surface area (Å²) in [5.74, 6) is 0. The van der Waals surface area contributed by atoms with Crippen molar-refractivity contribution in [2.75, 3.05) is 0 Å². The molecule has 0 saturated heterocycles. The van der Waals surface area contributed by atoms with Gasteiger partial charge in [-0.3, -0.25) is 0 Å². The lowest BCUT2D eigenvalue weighted by atomic mass is 9.87. The van der Waals surface area contributed by atoms with Crippen molar-refractivity contribution < 1.29 is 5.11 Å². The Morgan fingerprint density at radius 2 is 2.43 bits per heavy atom. The molecule has 0 radical (unpaired) electrons. The first-order valence-corrected chi connectivity index (χ1v) is 6.09. The van der Waals surface area contributed by atoms with Gasteiger partial charge in [0, 0.05) is 4.88 Å². The fourth-order valence-electron chi connectivity index (χ4n) is 1.91. The summed E-state index contributed by atoms with van der Waals surface area (Å²) in [7, 11) is 0. The van der Waals surface area contributed by atoms with E-state index in [9.17, 15) is 5.11 Å². The Balaban J connectivity index is 1.90. The predicted octanol–water partition coefficient (Wildman–Crippen LogP) is 3.15. The predicted molar refractivity (Wildman–Crippen MR) is 60.6 cm³/mol. The first-order valence-electron chi connectivity index (χ1n) is 5.21. The molecule has 1 aromatic rings. The molecule has 0 amide bonds. The highest BCUT2D eigenvalue weighted by atomic mass is 32.1. The van der Waals surface area contributed by atoms with Crippen molar-refractivity contribution in [2.45, 2.75) is 37.7 Å². The van der Waals surface area contributed by atoms with E-state index in [1.807, 2.05) is 6.08 Å². The molecule has 0 spiro atoms. The number of aliphatic hydroxyl groups is 1. The molecule has 1 N–H and O–H groups in total. The summed E-state index contributed by atoms with van der Waals surface area (Å²) in [5.41, 5.74) is -0.526. The van der Waals surface area contributed by atoms with Crippen LogP contribution in [0.2, 0.25) is 0 Å². The SMILES string of the molecule is OC1(CCc2cccs2)C=CCCC1. The standard InChI is InChI=1S/C12H16OS/c13-12(7-2-1-3-8-12)9-6-11-5-4-10-14-11/h2,4-5,7,10,13H,1,3,6,8-9H2. The molecule has 1 atom stereocenters. The van der Waals surface area contributed by atoms with Crippen molar-refractivity contribution in [2.24, 2.45) is 0 Å². The first-order chi connectivity index (χ1) is 6.79. The molecule has 1 aromatic heterocycles. The van der Waals surface area contributed by atoms with Crippen LogP contribution in [-0.2, 0) is 6.42 Å². The van der Waals surface area contributed by atoms with Gasteiger partial charge in [0.05, 0.1) is 5.60 Å². The van der Waals surface area contributed by atoms with Crippen LogP contribution in [-0.4, -0.2) is 10.7 Å². The summed E-state index contributed by atoms with van der Waals surface area (Å²) < 4.78 is 0. The monoisotopic (exact) mass is 208 g/mol. The number of rotatable bonds is 3. The van der Waals surface area contributed by atoms with Gasteiger partial charge in [0.2, 0.25) is 0 Å². The van der Waals surface area contributed by atoms with Crippen molar-refractivity contribution in [3.63, 3.8) is 0 Å². The molecule has 2 heteroatoms. The van der Waals surface area contributed by atoms with Gasteiger partial charge in [-0.2, -0.15) is 0 Å². The van der Waals surface area contributed by atoms with Crippen LogP contribution >= 0.6 is 11.3 Å². The summed E-state index contributed by atoms with van der Waals surface area (Å²) in [4.78, 5) is 1.37. The van der Waals surface area contributed by atoms with Crippen LogP contribution < -0.4 is 0 Å². The molecule has 1 nitrogen and oxygen atoms in total. The highest BCUT2D eigenvalue weighted by Crippen LogP contribution is 2.27. The number of hydrogen-bond donors (Lipinski definition) is 1. The molecule has 76 valence electrons. The van der Waals surface area contributed by atoms with Gasteiger partial charge in [-0.15, -0.1) is 11.3 Å². The van der Waals surface area contributed by atoms with E-state index in [1.54, 1.807) is 11.3 Å². The molecular formula is C12H16OS.